The fraction of sp³-hybridized carbons (Fsp3) is 0.182. The quantitative estimate of drug-likeness (QED) is 0.709. The van der Waals surface area contributed by atoms with Crippen molar-refractivity contribution in [1.82, 2.24) is 0 Å². The predicted molar refractivity (Wildman–Crippen MR) is 55.3 cm³/mol. The van der Waals surface area contributed by atoms with Crippen LogP contribution in [0.1, 0.15) is 11.1 Å². The molecule has 3 heteroatoms. The van der Waals surface area contributed by atoms with Crippen molar-refractivity contribution >= 4 is 17.7 Å². The van der Waals surface area contributed by atoms with E-state index in [0.29, 0.717) is 12.1 Å². The van der Waals surface area contributed by atoms with Crippen LogP contribution in [0.5, 0.6) is 0 Å². The molecule has 1 aliphatic rings. The van der Waals surface area contributed by atoms with E-state index in [1.54, 1.807) is 6.08 Å². The molecular formula is C11H11NO2. The average molecular weight is 189 g/mol. The van der Waals surface area contributed by atoms with Gasteiger partial charge < -0.3 is 10.4 Å². The lowest BCUT2D eigenvalue weighted by atomic mass is 10.0. The number of aliphatic carboxylic acids is 1. The van der Waals surface area contributed by atoms with Crippen LogP contribution in [0, 0.1) is 6.92 Å². The molecule has 0 saturated carbocycles. The van der Waals surface area contributed by atoms with Crippen molar-refractivity contribution in [2.24, 2.45) is 0 Å². The van der Waals surface area contributed by atoms with Crippen LogP contribution in [0.25, 0.3) is 6.08 Å². The van der Waals surface area contributed by atoms with E-state index in [9.17, 15) is 4.79 Å². The van der Waals surface area contributed by atoms with Gasteiger partial charge in [-0.05, 0) is 30.7 Å². The van der Waals surface area contributed by atoms with Gasteiger partial charge >= 0.3 is 5.97 Å². The van der Waals surface area contributed by atoms with Gasteiger partial charge in [0.1, 0.15) is 0 Å². The van der Waals surface area contributed by atoms with Gasteiger partial charge in [0, 0.05) is 12.2 Å². The third kappa shape index (κ3) is 1.48. The van der Waals surface area contributed by atoms with Crippen LogP contribution in [0.3, 0.4) is 0 Å². The Morgan fingerprint density at radius 1 is 1.50 bits per heavy atom. The van der Waals surface area contributed by atoms with Crippen molar-refractivity contribution in [3.05, 3.63) is 34.9 Å². The Morgan fingerprint density at radius 3 is 3.00 bits per heavy atom. The van der Waals surface area contributed by atoms with E-state index in [0.717, 1.165) is 16.8 Å². The van der Waals surface area contributed by atoms with Crippen molar-refractivity contribution in [3.63, 3.8) is 0 Å². The fourth-order valence-electron chi connectivity index (χ4n) is 1.53. The van der Waals surface area contributed by atoms with Gasteiger partial charge in [0.05, 0.1) is 5.57 Å². The number of rotatable bonds is 1. The van der Waals surface area contributed by atoms with Crippen molar-refractivity contribution in [3.8, 4) is 0 Å². The molecule has 0 fully saturated rings. The van der Waals surface area contributed by atoms with E-state index in [1.165, 1.54) is 0 Å². The molecule has 0 spiro atoms. The minimum Gasteiger partial charge on any atom is -0.478 e. The third-order valence-corrected chi connectivity index (χ3v) is 2.28. The summed E-state index contributed by atoms with van der Waals surface area (Å²) in [5, 5.41) is 11.9. The van der Waals surface area contributed by atoms with Gasteiger partial charge in [-0.25, -0.2) is 4.79 Å². The molecule has 0 aliphatic carbocycles. The molecule has 1 aromatic carbocycles. The highest BCUT2D eigenvalue weighted by Crippen LogP contribution is 2.24. The molecule has 1 aliphatic heterocycles. The Hall–Kier alpha value is -1.77. The molecule has 3 nitrogen and oxygen atoms in total. The molecule has 1 heterocycles. The first kappa shape index (κ1) is 8.81. The largest absolute Gasteiger partial charge is 0.478 e. The number of hydrogen-bond donors (Lipinski definition) is 2. The van der Waals surface area contributed by atoms with Crippen molar-refractivity contribution in [2.75, 3.05) is 11.9 Å². The lowest BCUT2D eigenvalue weighted by Crippen LogP contribution is -2.16. The maximum Gasteiger partial charge on any atom is 0.333 e. The summed E-state index contributed by atoms with van der Waals surface area (Å²) in [5.41, 5.74) is 3.49. The Labute approximate surface area is 82.1 Å². The predicted octanol–water partition coefficient (Wildman–Crippen LogP) is 1.89. The molecule has 1 aromatic rings. The van der Waals surface area contributed by atoms with Gasteiger partial charge in [0.2, 0.25) is 0 Å². The van der Waals surface area contributed by atoms with E-state index in [1.807, 2.05) is 25.1 Å². The first-order valence-corrected chi connectivity index (χ1v) is 4.45. The topological polar surface area (TPSA) is 49.3 Å². The SMILES string of the molecule is Cc1ccc2c(c1)C=C(C(=O)O)CN2. The summed E-state index contributed by atoms with van der Waals surface area (Å²) >= 11 is 0. The highest BCUT2D eigenvalue weighted by Gasteiger charge is 2.13. The van der Waals surface area contributed by atoms with Crippen molar-refractivity contribution in [1.29, 1.82) is 0 Å². The molecule has 2 N–H and O–H groups in total. The molecule has 72 valence electrons. The third-order valence-electron chi connectivity index (χ3n) is 2.28. The summed E-state index contributed by atoms with van der Waals surface area (Å²) in [7, 11) is 0. The zero-order valence-corrected chi connectivity index (χ0v) is 7.87. The van der Waals surface area contributed by atoms with Crippen LogP contribution in [0.15, 0.2) is 23.8 Å². The standard InChI is InChI=1S/C11H11NO2/c1-7-2-3-10-8(4-7)5-9(6-12-10)11(13)14/h2-5,12H,6H2,1H3,(H,13,14). The maximum absolute atomic E-state index is 10.7. The van der Waals surface area contributed by atoms with Gasteiger partial charge in [-0.2, -0.15) is 0 Å². The number of carbonyl (C=O) groups is 1. The van der Waals surface area contributed by atoms with E-state index in [-0.39, 0.29) is 0 Å². The highest BCUT2D eigenvalue weighted by atomic mass is 16.4. The van der Waals surface area contributed by atoms with E-state index in [4.69, 9.17) is 5.11 Å². The van der Waals surface area contributed by atoms with Crippen LogP contribution in [0.4, 0.5) is 5.69 Å². The number of anilines is 1. The normalized spacial score (nSPS) is 13.9. The van der Waals surface area contributed by atoms with Crippen LogP contribution in [-0.2, 0) is 4.79 Å². The van der Waals surface area contributed by atoms with Crippen LogP contribution in [-0.4, -0.2) is 17.6 Å². The van der Waals surface area contributed by atoms with Gasteiger partial charge in [0.15, 0.2) is 0 Å². The molecule has 0 bridgehead atoms. The minimum atomic E-state index is -0.857. The van der Waals surface area contributed by atoms with E-state index in [2.05, 4.69) is 5.32 Å². The molecule has 0 aromatic heterocycles. The van der Waals surface area contributed by atoms with Crippen molar-refractivity contribution < 1.29 is 9.90 Å². The van der Waals surface area contributed by atoms with Crippen LogP contribution in [0.2, 0.25) is 0 Å². The molecule has 0 amide bonds. The average Bonchev–Trinajstić information content (AvgIpc) is 2.16. The number of carboxylic acids is 1. The summed E-state index contributed by atoms with van der Waals surface area (Å²) < 4.78 is 0. The number of hydrogen-bond acceptors (Lipinski definition) is 2. The number of fused-ring (bicyclic) bond motifs is 1. The van der Waals surface area contributed by atoms with E-state index < -0.39 is 5.97 Å². The first-order chi connectivity index (χ1) is 6.66. The minimum absolute atomic E-state index is 0.394. The lowest BCUT2D eigenvalue weighted by Gasteiger charge is -2.16. The Balaban J connectivity index is 2.47. The Bertz CT molecular complexity index is 421. The fourth-order valence-corrected chi connectivity index (χ4v) is 1.53. The second-order valence-electron chi connectivity index (χ2n) is 3.42. The molecule has 0 saturated heterocycles. The highest BCUT2D eigenvalue weighted by molar-refractivity contribution is 5.96. The summed E-state index contributed by atoms with van der Waals surface area (Å²) in [6, 6.07) is 5.95. The molecule has 2 rings (SSSR count). The molecule has 0 unspecified atom stereocenters. The van der Waals surface area contributed by atoms with Gasteiger partial charge in [-0.15, -0.1) is 0 Å². The molecule has 14 heavy (non-hydrogen) atoms. The summed E-state index contributed by atoms with van der Waals surface area (Å²) in [6.07, 6.45) is 1.72. The maximum atomic E-state index is 10.7. The van der Waals surface area contributed by atoms with Gasteiger partial charge in [0.25, 0.3) is 0 Å². The van der Waals surface area contributed by atoms with Crippen LogP contribution < -0.4 is 5.32 Å². The number of carboxylic acid groups (broad SMARTS) is 1. The summed E-state index contributed by atoms with van der Waals surface area (Å²) in [4.78, 5) is 10.7. The van der Waals surface area contributed by atoms with Gasteiger partial charge in [-0.3, -0.25) is 0 Å². The second kappa shape index (κ2) is 3.18. The molecule has 0 radical (unpaired) electrons. The second-order valence-corrected chi connectivity index (χ2v) is 3.42. The smallest absolute Gasteiger partial charge is 0.333 e. The summed E-state index contributed by atoms with van der Waals surface area (Å²) in [6.45, 7) is 2.38. The zero-order chi connectivity index (χ0) is 10.1. The first-order valence-electron chi connectivity index (χ1n) is 4.45. The summed E-state index contributed by atoms with van der Waals surface area (Å²) in [5.74, 6) is -0.857. The van der Waals surface area contributed by atoms with E-state index >= 15 is 0 Å². The number of aryl methyl sites for hydroxylation is 1. The molecular weight excluding hydrogens is 178 g/mol. The van der Waals surface area contributed by atoms with Crippen molar-refractivity contribution in [2.45, 2.75) is 6.92 Å². The van der Waals surface area contributed by atoms with Gasteiger partial charge in [-0.1, -0.05) is 11.6 Å². The monoisotopic (exact) mass is 189 g/mol. The molecule has 0 atom stereocenters. The zero-order valence-electron chi connectivity index (χ0n) is 7.87. The lowest BCUT2D eigenvalue weighted by molar-refractivity contribution is -0.132. The number of nitrogens with one attached hydrogen (secondary N) is 1. The Kier molecular flexibility index (Phi) is 2.00. The Morgan fingerprint density at radius 2 is 2.29 bits per heavy atom. The van der Waals surface area contributed by atoms with Crippen LogP contribution >= 0.6 is 0 Å². The number of benzene rings is 1.